The van der Waals surface area contributed by atoms with Crippen LogP contribution in [0.4, 0.5) is 0 Å². The highest BCUT2D eigenvalue weighted by atomic mass is 35.5. The Labute approximate surface area is 228 Å². The molecule has 0 unspecified atom stereocenters. The molecule has 0 aliphatic carbocycles. The van der Waals surface area contributed by atoms with E-state index in [9.17, 15) is 9.59 Å². The van der Waals surface area contributed by atoms with Gasteiger partial charge in [0.2, 0.25) is 0 Å². The van der Waals surface area contributed by atoms with Gasteiger partial charge in [-0.1, -0.05) is 41.9 Å². The molecule has 0 saturated carbocycles. The average Bonchev–Trinajstić information content (AvgIpc) is 3.61. The van der Waals surface area contributed by atoms with Crippen molar-refractivity contribution >= 4 is 46.1 Å². The van der Waals surface area contributed by atoms with E-state index in [1.54, 1.807) is 17.5 Å². The molecule has 2 fully saturated rings. The minimum Gasteiger partial charge on any atom is -0.335 e. The molecule has 7 nitrogen and oxygen atoms in total. The zero-order valence-corrected chi connectivity index (χ0v) is 22.3. The zero-order chi connectivity index (χ0) is 25.4. The molecule has 2 aromatic heterocycles. The third-order valence-corrected chi connectivity index (χ3v) is 8.90. The number of rotatable bonds is 5. The summed E-state index contributed by atoms with van der Waals surface area (Å²) in [6.07, 6.45) is 1.67. The lowest BCUT2D eigenvalue weighted by atomic mass is 10.0. The van der Waals surface area contributed by atoms with Crippen molar-refractivity contribution in [2.24, 2.45) is 0 Å². The minimum atomic E-state index is 0.0151. The van der Waals surface area contributed by atoms with E-state index >= 15 is 0 Å². The summed E-state index contributed by atoms with van der Waals surface area (Å²) in [5, 5.41) is 5.96. The number of halogens is 1. The molecule has 4 aromatic rings. The number of hydrogen-bond acceptors (Lipinski definition) is 7. The first-order valence-electron chi connectivity index (χ1n) is 12.1. The molecule has 0 spiro atoms. The summed E-state index contributed by atoms with van der Waals surface area (Å²) in [7, 11) is 0. The molecule has 2 aliphatic heterocycles. The maximum Gasteiger partial charge on any atom is 0.282 e. The van der Waals surface area contributed by atoms with Crippen molar-refractivity contribution in [3.05, 3.63) is 81.1 Å². The van der Waals surface area contributed by atoms with E-state index in [-0.39, 0.29) is 11.8 Å². The standard InChI is InChI=1S/C27H24ClN5O2S2/c28-22-4-2-1-3-21(22)23-17-37-24(30-23)18-5-7-19(8-6-18)26(34)33-15-20(16-33)31-10-12-32(13-11-31)27(35)25-29-9-14-36-25/h1-9,14,17,20H,10-13,15-16H2. The second-order valence-corrected chi connectivity index (χ2v) is 11.3. The van der Waals surface area contributed by atoms with Crippen LogP contribution >= 0.6 is 34.3 Å². The third-order valence-electron chi connectivity index (χ3n) is 6.92. The predicted octanol–water partition coefficient (Wildman–Crippen LogP) is 4.87. The molecule has 0 bridgehead atoms. The molecule has 188 valence electrons. The Hall–Kier alpha value is -3.11. The number of carbonyl (C=O) groups is 2. The van der Waals surface area contributed by atoms with Crippen molar-refractivity contribution in [1.29, 1.82) is 0 Å². The Morgan fingerprint density at radius 2 is 1.65 bits per heavy atom. The Morgan fingerprint density at radius 3 is 2.35 bits per heavy atom. The molecular weight excluding hydrogens is 526 g/mol. The largest absolute Gasteiger partial charge is 0.335 e. The van der Waals surface area contributed by atoms with Crippen molar-refractivity contribution in [2.75, 3.05) is 39.3 Å². The predicted molar refractivity (Wildman–Crippen MR) is 147 cm³/mol. The lowest BCUT2D eigenvalue weighted by molar-refractivity contribution is 0.00853. The summed E-state index contributed by atoms with van der Waals surface area (Å²) < 4.78 is 0. The first-order chi connectivity index (χ1) is 18.1. The second-order valence-electron chi connectivity index (χ2n) is 9.12. The molecule has 2 amide bonds. The molecule has 2 saturated heterocycles. The smallest absolute Gasteiger partial charge is 0.282 e. The van der Waals surface area contributed by atoms with Gasteiger partial charge < -0.3 is 9.80 Å². The molecule has 2 aromatic carbocycles. The van der Waals surface area contributed by atoms with Crippen molar-refractivity contribution in [3.63, 3.8) is 0 Å². The Morgan fingerprint density at radius 1 is 0.892 bits per heavy atom. The van der Waals surface area contributed by atoms with Gasteiger partial charge in [0.05, 0.1) is 5.69 Å². The van der Waals surface area contributed by atoms with Gasteiger partial charge in [0.15, 0.2) is 5.01 Å². The maximum atomic E-state index is 13.0. The fourth-order valence-electron chi connectivity index (χ4n) is 4.74. The number of hydrogen-bond donors (Lipinski definition) is 0. The summed E-state index contributed by atoms with van der Waals surface area (Å²) in [4.78, 5) is 40.6. The highest BCUT2D eigenvalue weighted by Crippen LogP contribution is 2.32. The van der Waals surface area contributed by atoms with Gasteiger partial charge in [0, 0.05) is 84.0 Å². The first kappa shape index (κ1) is 24.2. The molecule has 0 N–H and O–H groups in total. The number of likely N-dealkylation sites (tertiary alicyclic amines) is 1. The van der Waals surface area contributed by atoms with E-state index in [1.807, 2.05) is 69.1 Å². The number of amides is 2. The molecule has 6 rings (SSSR count). The van der Waals surface area contributed by atoms with Crippen LogP contribution in [0.3, 0.4) is 0 Å². The number of benzene rings is 2. The monoisotopic (exact) mass is 549 g/mol. The van der Waals surface area contributed by atoms with Gasteiger partial charge in [0.25, 0.3) is 11.8 Å². The number of carbonyl (C=O) groups excluding carboxylic acids is 2. The number of piperazine rings is 1. The summed E-state index contributed by atoms with van der Waals surface area (Å²) in [5.74, 6) is 0.0672. The van der Waals surface area contributed by atoms with Crippen LogP contribution in [0.2, 0.25) is 5.02 Å². The van der Waals surface area contributed by atoms with Crippen molar-refractivity contribution in [3.8, 4) is 21.8 Å². The molecule has 0 atom stereocenters. The fourth-order valence-corrected chi connectivity index (χ4v) is 6.40. The van der Waals surface area contributed by atoms with Gasteiger partial charge in [-0.2, -0.15) is 0 Å². The molecule has 2 aliphatic rings. The SMILES string of the molecule is O=C(c1ccc(-c2nc(-c3ccccc3Cl)cs2)cc1)N1CC(N2CCN(C(=O)c3nccs3)CC2)C1. The van der Waals surface area contributed by atoms with Gasteiger partial charge in [-0.3, -0.25) is 14.5 Å². The van der Waals surface area contributed by atoms with E-state index < -0.39 is 0 Å². The molecule has 0 radical (unpaired) electrons. The van der Waals surface area contributed by atoms with Crippen LogP contribution in [0.5, 0.6) is 0 Å². The van der Waals surface area contributed by atoms with Crippen LogP contribution in [0, 0.1) is 0 Å². The van der Waals surface area contributed by atoms with Crippen LogP contribution in [0.15, 0.2) is 65.5 Å². The molecular formula is C27H24ClN5O2S2. The van der Waals surface area contributed by atoms with Gasteiger partial charge in [-0.25, -0.2) is 9.97 Å². The highest BCUT2D eigenvalue weighted by molar-refractivity contribution is 7.13. The summed E-state index contributed by atoms with van der Waals surface area (Å²) >= 11 is 9.26. The van der Waals surface area contributed by atoms with E-state index in [4.69, 9.17) is 16.6 Å². The Kier molecular flexibility index (Phi) is 6.77. The Balaban J connectivity index is 1.02. The Bertz CT molecular complexity index is 1410. The number of thiazole rings is 2. The van der Waals surface area contributed by atoms with Crippen molar-refractivity contribution in [1.82, 2.24) is 24.7 Å². The second kappa shape index (κ2) is 10.3. The molecule has 10 heteroatoms. The number of aromatic nitrogens is 2. The third kappa shape index (κ3) is 4.92. The highest BCUT2D eigenvalue weighted by Gasteiger charge is 2.37. The van der Waals surface area contributed by atoms with Crippen molar-refractivity contribution in [2.45, 2.75) is 6.04 Å². The lowest BCUT2D eigenvalue weighted by Gasteiger charge is -2.48. The zero-order valence-electron chi connectivity index (χ0n) is 19.9. The average molecular weight is 550 g/mol. The van der Waals surface area contributed by atoms with Crippen LogP contribution in [-0.2, 0) is 0 Å². The number of nitrogens with zero attached hydrogens (tertiary/aromatic N) is 5. The minimum absolute atomic E-state index is 0.0151. The van der Waals surface area contributed by atoms with Crippen LogP contribution in [-0.4, -0.2) is 81.8 Å². The van der Waals surface area contributed by atoms with E-state index in [0.29, 0.717) is 47.8 Å². The topological polar surface area (TPSA) is 69.6 Å². The van der Waals surface area contributed by atoms with E-state index in [0.717, 1.165) is 34.9 Å². The van der Waals surface area contributed by atoms with Gasteiger partial charge in [0.1, 0.15) is 5.01 Å². The lowest BCUT2D eigenvalue weighted by Crippen LogP contribution is -2.64. The van der Waals surface area contributed by atoms with E-state index in [2.05, 4.69) is 9.88 Å². The summed E-state index contributed by atoms with van der Waals surface area (Å²) in [6, 6.07) is 15.7. The van der Waals surface area contributed by atoms with Crippen LogP contribution < -0.4 is 0 Å². The molecule has 4 heterocycles. The van der Waals surface area contributed by atoms with Gasteiger partial charge in [-0.05, 0) is 18.2 Å². The van der Waals surface area contributed by atoms with Gasteiger partial charge in [-0.15, -0.1) is 22.7 Å². The summed E-state index contributed by atoms with van der Waals surface area (Å²) in [6.45, 7) is 4.47. The van der Waals surface area contributed by atoms with Crippen molar-refractivity contribution < 1.29 is 9.59 Å². The normalized spacial score (nSPS) is 16.6. The first-order valence-corrected chi connectivity index (χ1v) is 14.2. The fraction of sp³-hybridized carbons (Fsp3) is 0.259. The van der Waals surface area contributed by atoms with Crippen LogP contribution in [0.1, 0.15) is 20.2 Å². The van der Waals surface area contributed by atoms with Gasteiger partial charge >= 0.3 is 0 Å². The molecule has 37 heavy (non-hydrogen) atoms. The van der Waals surface area contributed by atoms with Crippen LogP contribution in [0.25, 0.3) is 21.8 Å². The maximum absolute atomic E-state index is 13.0. The summed E-state index contributed by atoms with van der Waals surface area (Å²) in [5.41, 5.74) is 3.43. The van der Waals surface area contributed by atoms with E-state index in [1.165, 1.54) is 11.3 Å². The quantitative estimate of drug-likeness (QED) is 0.355.